The quantitative estimate of drug-likeness (QED) is 0.558. The molecular formula is C8H12FNO. The van der Waals surface area contributed by atoms with Crippen molar-refractivity contribution in [2.45, 2.75) is 31.9 Å². The second-order valence-electron chi connectivity index (χ2n) is 3.62. The number of carbonyl (C=O) groups is 1. The standard InChI is InChI=1S/C8H12FNO/c9-6-7(11)10-5-4-8(6)2-1-3-8/h6H,1-5H2,(H,10,11). The first-order chi connectivity index (χ1) is 5.25. The number of piperidine rings is 1. The molecular weight excluding hydrogens is 145 g/mol. The summed E-state index contributed by atoms with van der Waals surface area (Å²) in [7, 11) is 0. The number of alkyl halides is 1. The van der Waals surface area contributed by atoms with Crippen LogP contribution in [0.25, 0.3) is 0 Å². The molecule has 1 N–H and O–H groups in total. The molecule has 0 bridgehead atoms. The molecule has 0 radical (unpaired) electrons. The summed E-state index contributed by atoms with van der Waals surface area (Å²) in [4.78, 5) is 10.9. The average molecular weight is 157 g/mol. The van der Waals surface area contributed by atoms with E-state index in [2.05, 4.69) is 5.32 Å². The fourth-order valence-corrected chi connectivity index (χ4v) is 2.06. The third kappa shape index (κ3) is 0.865. The van der Waals surface area contributed by atoms with E-state index in [-0.39, 0.29) is 5.41 Å². The molecule has 1 aliphatic heterocycles. The number of halogens is 1. The normalized spacial score (nSPS) is 34.6. The molecule has 1 heterocycles. The van der Waals surface area contributed by atoms with Crippen molar-refractivity contribution in [2.75, 3.05) is 6.54 Å². The molecule has 1 amide bonds. The van der Waals surface area contributed by atoms with E-state index in [0.29, 0.717) is 6.54 Å². The van der Waals surface area contributed by atoms with Gasteiger partial charge in [0.25, 0.3) is 5.91 Å². The van der Waals surface area contributed by atoms with Crippen LogP contribution in [0.1, 0.15) is 25.7 Å². The summed E-state index contributed by atoms with van der Waals surface area (Å²) in [5.74, 6) is -0.393. The summed E-state index contributed by atoms with van der Waals surface area (Å²) < 4.78 is 13.3. The van der Waals surface area contributed by atoms with Gasteiger partial charge in [-0.1, -0.05) is 6.42 Å². The highest BCUT2D eigenvalue weighted by Crippen LogP contribution is 2.49. The molecule has 1 unspecified atom stereocenters. The molecule has 2 rings (SSSR count). The first-order valence-corrected chi connectivity index (χ1v) is 4.16. The summed E-state index contributed by atoms with van der Waals surface area (Å²) in [5, 5.41) is 2.54. The molecule has 62 valence electrons. The largest absolute Gasteiger partial charge is 0.354 e. The number of hydrogen-bond donors (Lipinski definition) is 1. The SMILES string of the molecule is O=C1NCCC2(CCC2)C1F. The minimum Gasteiger partial charge on any atom is -0.354 e. The lowest BCUT2D eigenvalue weighted by Gasteiger charge is -2.46. The lowest BCUT2D eigenvalue weighted by Crippen LogP contribution is -2.54. The number of rotatable bonds is 0. The molecule has 1 spiro atoms. The summed E-state index contributed by atoms with van der Waals surface area (Å²) in [6.45, 7) is 0.666. The molecule has 0 aromatic rings. The van der Waals surface area contributed by atoms with E-state index in [1.54, 1.807) is 0 Å². The molecule has 2 nitrogen and oxygen atoms in total. The van der Waals surface area contributed by atoms with Gasteiger partial charge >= 0.3 is 0 Å². The van der Waals surface area contributed by atoms with Gasteiger partial charge in [-0.2, -0.15) is 0 Å². The summed E-state index contributed by atoms with van der Waals surface area (Å²) in [6.07, 6.45) is 2.50. The monoisotopic (exact) mass is 157 g/mol. The lowest BCUT2D eigenvalue weighted by molar-refractivity contribution is -0.139. The predicted molar refractivity (Wildman–Crippen MR) is 38.8 cm³/mol. The number of nitrogens with one attached hydrogen (secondary N) is 1. The van der Waals surface area contributed by atoms with Crippen LogP contribution in [0.5, 0.6) is 0 Å². The Morgan fingerprint density at radius 1 is 1.45 bits per heavy atom. The van der Waals surface area contributed by atoms with Crippen LogP contribution in [-0.4, -0.2) is 18.6 Å². The first kappa shape index (κ1) is 7.07. The van der Waals surface area contributed by atoms with E-state index in [0.717, 1.165) is 25.7 Å². The van der Waals surface area contributed by atoms with Crippen molar-refractivity contribution in [3.05, 3.63) is 0 Å². The van der Waals surface area contributed by atoms with Gasteiger partial charge < -0.3 is 5.32 Å². The summed E-state index contributed by atoms with van der Waals surface area (Å²) >= 11 is 0. The van der Waals surface area contributed by atoms with Crippen LogP contribution in [0.2, 0.25) is 0 Å². The fourth-order valence-electron chi connectivity index (χ4n) is 2.06. The van der Waals surface area contributed by atoms with Gasteiger partial charge in [-0.05, 0) is 19.3 Å². The molecule has 1 saturated carbocycles. The van der Waals surface area contributed by atoms with E-state index >= 15 is 0 Å². The van der Waals surface area contributed by atoms with E-state index in [9.17, 15) is 9.18 Å². The van der Waals surface area contributed by atoms with Gasteiger partial charge in [-0.25, -0.2) is 4.39 Å². The van der Waals surface area contributed by atoms with Crippen molar-refractivity contribution >= 4 is 5.91 Å². The summed E-state index contributed by atoms with van der Waals surface area (Å²) in [5.41, 5.74) is -0.248. The molecule has 0 aromatic heterocycles. The van der Waals surface area contributed by atoms with Crippen molar-refractivity contribution in [3.63, 3.8) is 0 Å². The molecule has 0 aromatic carbocycles. The highest BCUT2D eigenvalue weighted by atomic mass is 19.1. The van der Waals surface area contributed by atoms with Crippen LogP contribution in [0.3, 0.4) is 0 Å². The summed E-state index contributed by atoms with van der Waals surface area (Å²) in [6, 6.07) is 0. The van der Waals surface area contributed by atoms with Gasteiger partial charge in [0.1, 0.15) is 0 Å². The Hall–Kier alpha value is -0.600. The van der Waals surface area contributed by atoms with Gasteiger partial charge in [0.05, 0.1) is 0 Å². The van der Waals surface area contributed by atoms with Crippen LogP contribution in [0, 0.1) is 5.41 Å². The Morgan fingerprint density at radius 3 is 2.64 bits per heavy atom. The van der Waals surface area contributed by atoms with E-state index < -0.39 is 12.1 Å². The van der Waals surface area contributed by atoms with E-state index in [1.807, 2.05) is 0 Å². The maximum absolute atomic E-state index is 13.3. The van der Waals surface area contributed by atoms with Gasteiger partial charge in [0.15, 0.2) is 6.17 Å². The maximum Gasteiger partial charge on any atom is 0.255 e. The van der Waals surface area contributed by atoms with Crippen LogP contribution >= 0.6 is 0 Å². The Balaban J connectivity index is 2.13. The van der Waals surface area contributed by atoms with Gasteiger partial charge in [0, 0.05) is 12.0 Å². The zero-order valence-electron chi connectivity index (χ0n) is 6.40. The van der Waals surface area contributed by atoms with Crippen LogP contribution in [0.15, 0.2) is 0 Å². The molecule has 1 saturated heterocycles. The zero-order chi connectivity index (χ0) is 7.90. The lowest BCUT2D eigenvalue weighted by atomic mass is 9.62. The fraction of sp³-hybridized carbons (Fsp3) is 0.875. The molecule has 11 heavy (non-hydrogen) atoms. The van der Waals surface area contributed by atoms with Crippen molar-refractivity contribution in [3.8, 4) is 0 Å². The molecule has 1 aliphatic carbocycles. The Morgan fingerprint density at radius 2 is 2.18 bits per heavy atom. The van der Waals surface area contributed by atoms with Gasteiger partial charge in [-0.3, -0.25) is 4.79 Å². The third-order valence-corrected chi connectivity index (χ3v) is 3.04. The van der Waals surface area contributed by atoms with Gasteiger partial charge in [-0.15, -0.1) is 0 Å². The molecule has 3 heteroatoms. The van der Waals surface area contributed by atoms with E-state index in [1.165, 1.54) is 0 Å². The minimum absolute atomic E-state index is 0.248. The highest BCUT2D eigenvalue weighted by molar-refractivity contribution is 5.82. The maximum atomic E-state index is 13.3. The first-order valence-electron chi connectivity index (χ1n) is 4.16. The number of carbonyl (C=O) groups excluding carboxylic acids is 1. The Bertz CT molecular complexity index is 189. The topological polar surface area (TPSA) is 29.1 Å². The molecule has 2 fully saturated rings. The van der Waals surface area contributed by atoms with Crippen molar-refractivity contribution < 1.29 is 9.18 Å². The third-order valence-electron chi connectivity index (χ3n) is 3.04. The second kappa shape index (κ2) is 2.19. The van der Waals surface area contributed by atoms with Crippen molar-refractivity contribution in [1.82, 2.24) is 5.32 Å². The highest BCUT2D eigenvalue weighted by Gasteiger charge is 2.49. The van der Waals surface area contributed by atoms with Crippen LogP contribution in [-0.2, 0) is 4.79 Å². The average Bonchev–Trinajstić information content (AvgIpc) is 1.91. The number of hydrogen-bond acceptors (Lipinski definition) is 1. The van der Waals surface area contributed by atoms with Crippen LogP contribution in [0.4, 0.5) is 4.39 Å². The smallest absolute Gasteiger partial charge is 0.255 e. The molecule has 1 atom stereocenters. The predicted octanol–water partition coefficient (Wildman–Crippen LogP) is 1.01. The Labute approximate surface area is 65.2 Å². The zero-order valence-corrected chi connectivity index (χ0v) is 6.40. The molecule has 2 aliphatic rings. The van der Waals surface area contributed by atoms with E-state index in [4.69, 9.17) is 0 Å². The van der Waals surface area contributed by atoms with Gasteiger partial charge in [0.2, 0.25) is 0 Å². The Kier molecular flexibility index (Phi) is 1.41. The van der Waals surface area contributed by atoms with Crippen LogP contribution < -0.4 is 5.32 Å². The van der Waals surface area contributed by atoms with Crippen molar-refractivity contribution in [1.29, 1.82) is 0 Å². The van der Waals surface area contributed by atoms with Crippen molar-refractivity contribution in [2.24, 2.45) is 5.41 Å². The number of amides is 1. The minimum atomic E-state index is -1.23. The second-order valence-corrected chi connectivity index (χ2v) is 3.62.